The molecule has 0 saturated heterocycles. The average Bonchev–Trinajstić information content (AvgIpc) is 2.42. The molecule has 18 heavy (non-hydrogen) atoms. The van der Waals surface area contributed by atoms with Crippen LogP contribution >= 0.6 is 0 Å². The Labute approximate surface area is 109 Å². The van der Waals surface area contributed by atoms with E-state index in [0.29, 0.717) is 5.92 Å². The van der Waals surface area contributed by atoms with Crippen LogP contribution in [-0.4, -0.2) is 41.0 Å². The standard InChI is InChI=1S/C14H23NO3/c1-11(10-15-7-8-16-2)13-9-12(17-3)5-6-14(13)18-4/h5-6,9,11,15H,7-8,10H2,1-4H3. The molecule has 0 aliphatic carbocycles. The first-order valence-corrected chi connectivity index (χ1v) is 6.14. The number of benzene rings is 1. The van der Waals surface area contributed by atoms with Gasteiger partial charge in [0.1, 0.15) is 11.5 Å². The number of methoxy groups -OCH3 is 3. The van der Waals surface area contributed by atoms with E-state index in [1.54, 1.807) is 21.3 Å². The molecule has 1 rings (SSSR count). The molecule has 0 aromatic heterocycles. The van der Waals surface area contributed by atoms with Crippen molar-refractivity contribution in [1.29, 1.82) is 0 Å². The van der Waals surface area contributed by atoms with Crippen LogP contribution in [-0.2, 0) is 4.74 Å². The molecule has 1 aromatic carbocycles. The number of nitrogens with one attached hydrogen (secondary N) is 1. The van der Waals surface area contributed by atoms with Crippen LogP contribution in [0.5, 0.6) is 11.5 Å². The summed E-state index contributed by atoms with van der Waals surface area (Å²) in [6.07, 6.45) is 0. The van der Waals surface area contributed by atoms with Crippen molar-refractivity contribution in [3.8, 4) is 11.5 Å². The van der Waals surface area contributed by atoms with E-state index in [0.717, 1.165) is 36.8 Å². The van der Waals surface area contributed by atoms with Crippen LogP contribution in [0.2, 0.25) is 0 Å². The smallest absolute Gasteiger partial charge is 0.122 e. The number of ether oxygens (including phenoxy) is 3. The largest absolute Gasteiger partial charge is 0.497 e. The first-order valence-electron chi connectivity index (χ1n) is 6.14. The van der Waals surface area contributed by atoms with Crippen LogP contribution in [0.3, 0.4) is 0 Å². The van der Waals surface area contributed by atoms with Gasteiger partial charge in [-0.25, -0.2) is 0 Å². The lowest BCUT2D eigenvalue weighted by Gasteiger charge is -2.17. The Morgan fingerprint density at radius 3 is 2.56 bits per heavy atom. The summed E-state index contributed by atoms with van der Waals surface area (Å²) < 4.78 is 15.6. The molecule has 1 atom stereocenters. The van der Waals surface area contributed by atoms with Crippen LogP contribution in [0.1, 0.15) is 18.4 Å². The van der Waals surface area contributed by atoms with Gasteiger partial charge in [-0.2, -0.15) is 0 Å². The molecule has 1 unspecified atom stereocenters. The van der Waals surface area contributed by atoms with E-state index < -0.39 is 0 Å². The first kappa shape index (κ1) is 14.8. The van der Waals surface area contributed by atoms with Crippen LogP contribution in [0.15, 0.2) is 18.2 Å². The fraction of sp³-hybridized carbons (Fsp3) is 0.571. The van der Waals surface area contributed by atoms with E-state index in [9.17, 15) is 0 Å². The molecule has 4 heteroatoms. The molecule has 0 radical (unpaired) electrons. The minimum atomic E-state index is 0.354. The normalized spacial score (nSPS) is 12.2. The minimum Gasteiger partial charge on any atom is -0.497 e. The van der Waals surface area contributed by atoms with E-state index in [2.05, 4.69) is 12.2 Å². The minimum absolute atomic E-state index is 0.354. The highest BCUT2D eigenvalue weighted by Crippen LogP contribution is 2.29. The van der Waals surface area contributed by atoms with E-state index in [4.69, 9.17) is 14.2 Å². The molecule has 0 heterocycles. The highest BCUT2D eigenvalue weighted by molar-refractivity contribution is 5.42. The zero-order chi connectivity index (χ0) is 13.4. The maximum absolute atomic E-state index is 5.39. The van der Waals surface area contributed by atoms with Gasteiger partial charge in [0.05, 0.1) is 20.8 Å². The van der Waals surface area contributed by atoms with Crippen molar-refractivity contribution in [3.05, 3.63) is 23.8 Å². The molecule has 0 spiro atoms. The van der Waals surface area contributed by atoms with Gasteiger partial charge in [-0.05, 0) is 24.1 Å². The molecule has 0 aliphatic rings. The second-order valence-corrected chi connectivity index (χ2v) is 4.21. The summed E-state index contributed by atoms with van der Waals surface area (Å²) in [5.74, 6) is 2.11. The fourth-order valence-electron chi connectivity index (χ4n) is 1.83. The summed E-state index contributed by atoms with van der Waals surface area (Å²) in [6.45, 7) is 4.62. The molecule has 4 nitrogen and oxygen atoms in total. The Morgan fingerprint density at radius 2 is 1.94 bits per heavy atom. The average molecular weight is 253 g/mol. The second kappa shape index (κ2) is 7.95. The molecule has 0 bridgehead atoms. The van der Waals surface area contributed by atoms with Gasteiger partial charge >= 0.3 is 0 Å². The number of rotatable bonds is 8. The summed E-state index contributed by atoms with van der Waals surface area (Å²) >= 11 is 0. The maximum atomic E-state index is 5.39. The van der Waals surface area contributed by atoms with Crippen LogP contribution in [0, 0.1) is 0 Å². The Morgan fingerprint density at radius 1 is 1.17 bits per heavy atom. The van der Waals surface area contributed by atoms with Crippen molar-refractivity contribution in [2.75, 3.05) is 41.0 Å². The monoisotopic (exact) mass is 253 g/mol. The highest BCUT2D eigenvalue weighted by Gasteiger charge is 2.12. The van der Waals surface area contributed by atoms with Gasteiger partial charge in [-0.3, -0.25) is 0 Å². The first-order chi connectivity index (χ1) is 8.72. The van der Waals surface area contributed by atoms with E-state index in [1.165, 1.54) is 0 Å². The lowest BCUT2D eigenvalue weighted by Crippen LogP contribution is -2.24. The SMILES string of the molecule is COCCNCC(C)c1cc(OC)ccc1OC. The second-order valence-electron chi connectivity index (χ2n) is 4.21. The van der Waals surface area contributed by atoms with Gasteiger partial charge < -0.3 is 19.5 Å². The Kier molecular flexibility index (Phi) is 6.54. The van der Waals surface area contributed by atoms with Gasteiger partial charge in [-0.15, -0.1) is 0 Å². The van der Waals surface area contributed by atoms with Crippen molar-refractivity contribution >= 4 is 0 Å². The van der Waals surface area contributed by atoms with Gasteiger partial charge in [0.15, 0.2) is 0 Å². The molecule has 0 fully saturated rings. The van der Waals surface area contributed by atoms with Crippen molar-refractivity contribution < 1.29 is 14.2 Å². The summed E-state index contributed by atoms with van der Waals surface area (Å²) in [5, 5.41) is 3.35. The van der Waals surface area contributed by atoms with Crippen LogP contribution < -0.4 is 14.8 Å². The molecule has 102 valence electrons. The third kappa shape index (κ3) is 4.20. The van der Waals surface area contributed by atoms with Crippen molar-refractivity contribution in [2.45, 2.75) is 12.8 Å². The summed E-state index contributed by atoms with van der Waals surface area (Å²) in [6, 6.07) is 5.88. The number of hydrogen-bond donors (Lipinski definition) is 1. The van der Waals surface area contributed by atoms with Crippen molar-refractivity contribution in [1.82, 2.24) is 5.32 Å². The summed E-state index contributed by atoms with van der Waals surface area (Å²) in [4.78, 5) is 0. The van der Waals surface area contributed by atoms with Gasteiger partial charge in [0.25, 0.3) is 0 Å². The predicted molar refractivity (Wildman–Crippen MR) is 72.7 cm³/mol. The lowest BCUT2D eigenvalue weighted by atomic mass is 9.99. The Bertz CT molecular complexity index is 355. The maximum Gasteiger partial charge on any atom is 0.122 e. The van der Waals surface area contributed by atoms with E-state index in [-0.39, 0.29) is 0 Å². The molecule has 0 saturated carbocycles. The zero-order valence-corrected chi connectivity index (χ0v) is 11.7. The Balaban J connectivity index is 2.66. The summed E-state index contributed by atoms with van der Waals surface area (Å²) in [5.41, 5.74) is 1.15. The zero-order valence-electron chi connectivity index (χ0n) is 11.7. The molecule has 0 amide bonds. The topological polar surface area (TPSA) is 39.7 Å². The van der Waals surface area contributed by atoms with Gasteiger partial charge in [0, 0.05) is 25.8 Å². The molecule has 0 aliphatic heterocycles. The summed E-state index contributed by atoms with van der Waals surface area (Å²) in [7, 11) is 5.07. The predicted octanol–water partition coefficient (Wildman–Crippen LogP) is 2.04. The van der Waals surface area contributed by atoms with Gasteiger partial charge in [-0.1, -0.05) is 6.92 Å². The molecule has 1 aromatic rings. The van der Waals surface area contributed by atoms with Crippen molar-refractivity contribution in [3.63, 3.8) is 0 Å². The van der Waals surface area contributed by atoms with E-state index >= 15 is 0 Å². The third-order valence-corrected chi connectivity index (χ3v) is 2.90. The third-order valence-electron chi connectivity index (χ3n) is 2.90. The van der Waals surface area contributed by atoms with E-state index in [1.807, 2.05) is 18.2 Å². The molecule has 1 N–H and O–H groups in total. The molecular weight excluding hydrogens is 230 g/mol. The molecular formula is C14H23NO3. The van der Waals surface area contributed by atoms with Crippen molar-refractivity contribution in [2.24, 2.45) is 0 Å². The Hall–Kier alpha value is -1.26. The van der Waals surface area contributed by atoms with Crippen LogP contribution in [0.4, 0.5) is 0 Å². The lowest BCUT2D eigenvalue weighted by molar-refractivity contribution is 0.199. The van der Waals surface area contributed by atoms with Gasteiger partial charge in [0.2, 0.25) is 0 Å². The quantitative estimate of drug-likeness (QED) is 0.720. The highest BCUT2D eigenvalue weighted by atomic mass is 16.5. The number of hydrogen-bond acceptors (Lipinski definition) is 4. The van der Waals surface area contributed by atoms with Crippen LogP contribution in [0.25, 0.3) is 0 Å². The fourth-order valence-corrected chi connectivity index (χ4v) is 1.83.